The monoisotopic (exact) mass is 438 g/mol. The van der Waals surface area contributed by atoms with Crippen molar-refractivity contribution in [1.82, 2.24) is 14.9 Å². The van der Waals surface area contributed by atoms with Crippen LogP contribution in [0.5, 0.6) is 11.5 Å². The van der Waals surface area contributed by atoms with Crippen LogP contribution in [0.3, 0.4) is 0 Å². The van der Waals surface area contributed by atoms with Crippen LogP contribution in [0.1, 0.15) is 5.56 Å². The molecular weight excluding hydrogens is 416 g/mol. The number of hydrogen-bond acceptors (Lipinski definition) is 7. The number of ether oxygens (including phenoxy) is 2. The molecular formula is C19H23ClN4O4S. The third-order valence-electron chi connectivity index (χ3n) is 4.42. The standard InChI is InChI=1S/C19H23ClN4O4S/c1-27-17-8-3-14(11-18(17)28-2)9-10-24-12-21-19(22-13-24)23-29(25,26)16-6-4-15(20)5-7-16/h3-8,11H,9-10,12-13H2,1-2H3,(H2,21,22,23). The normalized spacial score (nSPS) is 14.7. The molecule has 0 fully saturated rings. The van der Waals surface area contributed by atoms with Crippen molar-refractivity contribution in [1.29, 1.82) is 0 Å². The quantitative estimate of drug-likeness (QED) is 0.687. The lowest BCUT2D eigenvalue weighted by atomic mass is 10.1. The van der Waals surface area contributed by atoms with Crippen molar-refractivity contribution >= 4 is 27.6 Å². The molecule has 2 aromatic carbocycles. The second-order valence-corrected chi connectivity index (χ2v) is 8.50. The molecule has 3 rings (SSSR count). The lowest BCUT2D eigenvalue weighted by Crippen LogP contribution is -2.50. The maximum Gasteiger partial charge on any atom is 0.264 e. The maximum absolute atomic E-state index is 12.4. The van der Waals surface area contributed by atoms with Crippen LogP contribution in [0.4, 0.5) is 0 Å². The van der Waals surface area contributed by atoms with E-state index in [0.717, 1.165) is 18.5 Å². The Morgan fingerprint density at radius 1 is 1.14 bits per heavy atom. The molecule has 0 saturated carbocycles. The van der Waals surface area contributed by atoms with Crippen molar-refractivity contribution in [2.24, 2.45) is 4.99 Å². The summed E-state index contributed by atoms with van der Waals surface area (Å²) < 4.78 is 37.9. The van der Waals surface area contributed by atoms with E-state index in [2.05, 4.69) is 19.9 Å². The van der Waals surface area contributed by atoms with Gasteiger partial charge in [0.2, 0.25) is 5.96 Å². The topological polar surface area (TPSA) is 92.3 Å². The van der Waals surface area contributed by atoms with Crippen LogP contribution in [-0.2, 0) is 16.4 Å². The molecule has 0 aliphatic carbocycles. The molecule has 2 N–H and O–H groups in total. The van der Waals surface area contributed by atoms with Crippen molar-refractivity contribution in [2.45, 2.75) is 11.3 Å². The fourth-order valence-electron chi connectivity index (χ4n) is 2.80. The van der Waals surface area contributed by atoms with Gasteiger partial charge in [0.1, 0.15) is 0 Å². The van der Waals surface area contributed by atoms with Gasteiger partial charge in [-0.15, -0.1) is 0 Å². The largest absolute Gasteiger partial charge is 0.493 e. The van der Waals surface area contributed by atoms with Gasteiger partial charge < -0.3 is 14.8 Å². The molecule has 1 aliphatic rings. The van der Waals surface area contributed by atoms with Crippen molar-refractivity contribution in [3.05, 3.63) is 53.1 Å². The molecule has 8 nitrogen and oxygen atoms in total. The molecule has 0 amide bonds. The molecule has 0 spiro atoms. The zero-order valence-electron chi connectivity index (χ0n) is 16.2. The summed E-state index contributed by atoms with van der Waals surface area (Å²) in [4.78, 5) is 6.48. The molecule has 29 heavy (non-hydrogen) atoms. The SMILES string of the molecule is COc1ccc(CCN2CN=C(NS(=O)(=O)c3ccc(Cl)cc3)NC2)cc1OC. The Balaban J connectivity index is 1.55. The van der Waals surface area contributed by atoms with Crippen LogP contribution in [0.2, 0.25) is 5.02 Å². The Labute approximate surface area is 175 Å². The minimum absolute atomic E-state index is 0.127. The lowest BCUT2D eigenvalue weighted by molar-refractivity contribution is 0.266. The number of sulfonamides is 1. The van der Waals surface area contributed by atoms with Gasteiger partial charge in [0.15, 0.2) is 11.5 Å². The average molecular weight is 439 g/mol. The van der Waals surface area contributed by atoms with Crippen LogP contribution >= 0.6 is 11.6 Å². The van der Waals surface area contributed by atoms with Crippen molar-refractivity contribution in [2.75, 3.05) is 34.1 Å². The first-order valence-electron chi connectivity index (χ1n) is 8.91. The minimum atomic E-state index is -3.71. The molecule has 156 valence electrons. The van der Waals surface area contributed by atoms with Gasteiger partial charge in [-0.05, 0) is 48.4 Å². The highest BCUT2D eigenvalue weighted by Gasteiger charge is 2.19. The lowest BCUT2D eigenvalue weighted by Gasteiger charge is -2.27. The summed E-state index contributed by atoms with van der Waals surface area (Å²) in [6.45, 7) is 1.62. The first kappa shape index (κ1) is 21.2. The summed E-state index contributed by atoms with van der Waals surface area (Å²) in [5.74, 6) is 1.61. The number of halogens is 1. The van der Waals surface area contributed by atoms with Crippen LogP contribution in [-0.4, -0.2) is 53.4 Å². The van der Waals surface area contributed by atoms with Crippen LogP contribution in [0, 0.1) is 0 Å². The van der Waals surface area contributed by atoms with E-state index >= 15 is 0 Å². The van der Waals surface area contributed by atoms with Crippen LogP contribution in [0.15, 0.2) is 52.4 Å². The maximum atomic E-state index is 12.4. The van der Waals surface area contributed by atoms with Gasteiger partial charge in [-0.25, -0.2) is 18.1 Å². The van der Waals surface area contributed by atoms with Crippen molar-refractivity contribution in [3.63, 3.8) is 0 Å². The average Bonchev–Trinajstić information content (AvgIpc) is 2.73. The number of methoxy groups -OCH3 is 2. The Kier molecular flexibility index (Phi) is 6.83. The van der Waals surface area contributed by atoms with Gasteiger partial charge in [0.05, 0.1) is 32.5 Å². The Bertz CT molecular complexity index is 980. The Morgan fingerprint density at radius 2 is 1.86 bits per heavy atom. The number of rotatable bonds is 7. The summed E-state index contributed by atoms with van der Waals surface area (Å²) >= 11 is 5.81. The number of aliphatic imine (C=N–C) groups is 1. The highest BCUT2D eigenvalue weighted by atomic mass is 35.5. The van der Waals surface area contributed by atoms with Gasteiger partial charge in [-0.1, -0.05) is 17.7 Å². The molecule has 0 saturated heterocycles. The summed E-state index contributed by atoms with van der Waals surface area (Å²) in [5.41, 5.74) is 1.11. The fraction of sp³-hybridized carbons (Fsp3) is 0.316. The molecule has 0 radical (unpaired) electrons. The predicted octanol–water partition coefficient (Wildman–Crippen LogP) is 2.05. The van der Waals surface area contributed by atoms with E-state index in [0.29, 0.717) is 29.9 Å². The molecule has 1 heterocycles. The third-order valence-corrected chi connectivity index (χ3v) is 6.03. The zero-order valence-corrected chi connectivity index (χ0v) is 17.8. The van der Waals surface area contributed by atoms with Gasteiger partial charge in [-0.2, -0.15) is 0 Å². The minimum Gasteiger partial charge on any atom is -0.493 e. The molecule has 0 bridgehead atoms. The van der Waals surface area contributed by atoms with Crippen molar-refractivity contribution < 1.29 is 17.9 Å². The second-order valence-electron chi connectivity index (χ2n) is 6.38. The molecule has 10 heteroatoms. The van der Waals surface area contributed by atoms with E-state index in [-0.39, 0.29) is 10.9 Å². The first-order chi connectivity index (χ1) is 13.9. The third kappa shape index (κ3) is 5.53. The molecule has 2 aromatic rings. The number of hydrogen-bond donors (Lipinski definition) is 2. The summed E-state index contributed by atoms with van der Waals surface area (Å²) in [7, 11) is -0.496. The zero-order chi connectivity index (χ0) is 20.9. The molecule has 0 aromatic heterocycles. The van der Waals surface area contributed by atoms with Gasteiger partial charge in [0.25, 0.3) is 10.0 Å². The van der Waals surface area contributed by atoms with Gasteiger partial charge in [-0.3, -0.25) is 4.90 Å². The highest BCUT2D eigenvalue weighted by Crippen LogP contribution is 2.27. The van der Waals surface area contributed by atoms with E-state index in [1.807, 2.05) is 18.2 Å². The van der Waals surface area contributed by atoms with Crippen molar-refractivity contribution in [3.8, 4) is 11.5 Å². The van der Waals surface area contributed by atoms with E-state index in [1.165, 1.54) is 24.3 Å². The van der Waals surface area contributed by atoms with E-state index in [9.17, 15) is 8.42 Å². The van der Waals surface area contributed by atoms with Crippen LogP contribution < -0.4 is 19.5 Å². The number of benzene rings is 2. The first-order valence-corrected chi connectivity index (χ1v) is 10.8. The molecule has 0 atom stereocenters. The predicted molar refractivity (Wildman–Crippen MR) is 112 cm³/mol. The van der Waals surface area contributed by atoms with Gasteiger partial charge in [0, 0.05) is 11.6 Å². The number of nitrogens with one attached hydrogen (secondary N) is 2. The Hall–Kier alpha value is -2.49. The number of guanidine groups is 1. The fourth-order valence-corrected chi connectivity index (χ4v) is 3.93. The highest BCUT2D eigenvalue weighted by molar-refractivity contribution is 7.90. The van der Waals surface area contributed by atoms with E-state index in [1.54, 1.807) is 14.2 Å². The number of nitrogens with zero attached hydrogens (tertiary/aromatic N) is 2. The summed E-state index contributed by atoms with van der Waals surface area (Å²) in [6.07, 6.45) is 0.795. The van der Waals surface area contributed by atoms with E-state index in [4.69, 9.17) is 21.1 Å². The molecule has 1 aliphatic heterocycles. The molecule has 0 unspecified atom stereocenters. The van der Waals surface area contributed by atoms with Crippen LogP contribution in [0.25, 0.3) is 0 Å². The smallest absolute Gasteiger partial charge is 0.264 e. The summed E-state index contributed by atoms with van der Waals surface area (Å²) in [6, 6.07) is 11.8. The van der Waals surface area contributed by atoms with Gasteiger partial charge >= 0.3 is 0 Å². The second kappa shape index (κ2) is 9.34. The van der Waals surface area contributed by atoms with E-state index < -0.39 is 10.0 Å². The Morgan fingerprint density at radius 3 is 2.48 bits per heavy atom. The summed E-state index contributed by atoms with van der Waals surface area (Å²) in [5, 5.41) is 3.47.